The zero-order valence-electron chi connectivity index (χ0n) is 16.7. The van der Waals surface area contributed by atoms with Crippen molar-refractivity contribution >= 4 is 65.3 Å². The molecule has 0 aliphatic carbocycles. The molecule has 2 aromatic carbocycles. The van der Waals surface area contributed by atoms with Crippen LogP contribution in [0.15, 0.2) is 56.4 Å². The van der Waals surface area contributed by atoms with E-state index < -0.39 is 10.1 Å². The van der Waals surface area contributed by atoms with Gasteiger partial charge in [-0.05, 0) is 50.2 Å². The molecule has 0 bridgehead atoms. The molecule has 4 rings (SSSR count). The standard InChI is InChI=1S/C18H18N4O6S4/c1-3-21-13-7-5-11(31-28-27-23)9-15(13)29-17(21)19-20-18-22(4-2)14-8-6-12(32(24,25)26)10-16(14)30-18/h5-10,23H,3-4H2,1-2H3,(H,24,25,26)/p-2/b19-17+,20-18+. The fourth-order valence-corrected chi connectivity index (χ4v) is 6.43. The third kappa shape index (κ3) is 4.53. The van der Waals surface area contributed by atoms with Crippen LogP contribution in [0.3, 0.4) is 0 Å². The molecule has 32 heavy (non-hydrogen) atoms. The summed E-state index contributed by atoms with van der Waals surface area (Å²) in [5, 5.41) is 22.3. The monoisotopic (exact) mass is 512 g/mol. The Morgan fingerprint density at radius 3 is 2.06 bits per heavy atom. The largest absolute Gasteiger partial charge is 0.744 e. The molecule has 0 radical (unpaired) electrons. The Balaban J connectivity index is 1.85. The van der Waals surface area contributed by atoms with E-state index in [1.54, 1.807) is 6.07 Å². The van der Waals surface area contributed by atoms with Crippen LogP contribution in [0.2, 0.25) is 0 Å². The lowest BCUT2D eigenvalue weighted by atomic mass is 10.3. The summed E-state index contributed by atoms with van der Waals surface area (Å²) >= 11 is 3.51. The van der Waals surface area contributed by atoms with E-state index in [1.165, 1.54) is 34.8 Å². The van der Waals surface area contributed by atoms with Gasteiger partial charge in [0.15, 0.2) is 0 Å². The number of nitrogens with zero attached hydrogens (tertiary/aromatic N) is 4. The molecule has 0 saturated carbocycles. The maximum atomic E-state index is 11.4. The summed E-state index contributed by atoms with van der Waals surface area (Å²) in [5.74, 6) is 0. The fraction of sp³-hybridized carbons (Fsp3) is 0.222. The van der Waals surface area contributed by atoms with Crippen molar-refractivity contribution in [3.8, 4) is 0 Å². The smallest absolute Gasteiger partial charge is 0.211 e. The van der Waals surface area contributed by atoms with Crippen molar-refractivity contribution in [1.29, 1.82) is 0 Å². The molecule has 0 N–H and O–H groups in total. The molecular formula is C18H16N4O6S4-2. The molecule has 0 aliphatic heterocycles. The van der Waals surface area contributed by atoms with E-state index in [-0.39, 0.29) is 4.90 Å². The third-order valence-electron chi connectivity index (χ3n) is 4.61. The summed E-state index contributed by atoms with van der Waals surface area (Å²) < 4.78 is 43.9. The van der Waals surface area contributed by atoms with E-state index in [0.29, 0.717) is 32.3 Å². The molecule has 14 heteroatoms. The SMILES string of the molecule is CCn1/c(=N\N=c2\sc3cc(S(=O)(=O)[O-])ccc3n2CC)sc2cc(SOO[O-])ccc21. The number of hydrogen-bond acceptors (Lipinski definition) is 11. The van der Waals surface area contributed by atoms with Crippen LogP contribution in [0, 0.1) is 0 Å². The summed E-state index contributed by atoms with van der Waals surface area (Å²) in [6, 6.07) is 9.86. The van der Waals surface area contributed by atoms with Crippen LogP contribution < -0.4 is 14.9 Å². The van der Waals surface area contributed by atoms with Crippen LogP contribution >= 0.6 is 34.7 Å². The van der Waals surface area contributed by atoms with Crippen molar-refractivity contribution in [3.63, 3.8) is 0 Å². The summed E-state index contributed by atoms with van der Waals surface area (Å²) in [5.41, 5.74) is 1.74. The van der Waals surface area contributed by atoms with E-state index in [0.717, 1.165) is 27.8 Å². The second-order valence-electron chi connectivity index (χ2n) is 6.39. The van der Waals surface area contributed by atoms with E-state index in [4.69, 9.17) is 0 Å². The molecule has 0 spiro atoms. The maximum absolute atomic E-state index is 11.4. The summed E-state index contributed by atoms with van der Waals surface area (Å²) in [6.45, 7) is 5.22. The second-order valence-corrected chi connectivity index (χ2v) is 10.6. The average molecular weight is 513 g/mol. The van der Waals surface area contributed by atoms with Gasteiger partial charge >= 0.3 is 0 Å². The number of thiazole rings is 2. The third-order valence-corrected chi connectivity index (χ3v) is 8.07. The summed E-state index contributed by atoms with van der Waals surface area (Å²) in [4.78, 5) is 1.69. The van der Waals surface area contributed by atoms with E-state index in [1.807, 2.05) is 41.2 Å². The van der Waals surface area contributed by atoms with Gasteiger partial charge in [-0.1, -0.05) is 22.7 Å². The van der Waals surface area contributed by atoms with Crippen LogP contribution in [0.5, 0.6) is 0 Å². The highest BCUT2D eigenvalue weighted by molar-refractivity contribution is 7.94. The lowest BCUT2D eigenvalue weighted by Gasteiger charge is -2.06. The maximum Gasteiger partial charge on any atom is 0.211 e. The first-order valence-corrected chi connectivity index (χ1v) is 13.1. The number of aromatic nitrogens is 2. The van der Waals surface area contributed by atoms with E-state index >= 15 is 0 Å². The number of fused-ring (bicyclic) bond motifs is 2. The first-order chi connectivity index (χ1) is 15.4. The molecule has 4 aromatic rings. The highest BCUT2D eigenvalue weighted by Crippen LogP contribution is 2.26. The Kier molecular flexibility index (Phi) is 6.83. The first-order valence-electron chi connectivity index (χ1n) is 9.29. The van der Waals surface area contributed by atoms with Crippen LogP contribution in [-0.4, -0.2) is 22.1 Å². The predicted octanol–water partition coefficient (Wildman–Crippen LogP) is 2.31. The number of hydrogen-bond donors (Lipinski definition) is 0. The van der Waals surface area contributed by atoms with Crippen molar-refractivity contribution in [1.82, 2.24) is 9.13 Å². The molecule has 0 atom stereocenters. The molecule has 0 unspecified atom stereocenters. The van der Waals surface area contributed by atoms with Gasteiger partial charge in [-0.2, -0.15) is 4.33 Å². The molecule has 0 saturated heterocycles. The summed E-state index contributed by atoms with van der Waals surface area (Å²) in [7, 11) is -4.54. The van der Waals surface area contributed by atoms with Gasteiger partial charge < -0.3 is 18.9 Å². The van der Waals surface area contributed by atoms with E-state index in [2.05, 4.69) is 19.6 Å². The van der Waals surface area contributed by atoms with Gasteiger partial charge in [0.25, 0.3) is 0 Å². The van der Waals surface area contributed by atoms with Crippen LogP contribution in [0.4, 0.5) is 0 Å². The molecule has 2 aromatic heterocycles. The van der Waals surface area contributed by atoms with Crippen LogP contribution in [-0.2, 0) is 32.6 Å². The molecule has 170 valence electrons. The van der Waals surface area contributed by atoms with Gasteiger partial charge in [0.05, 0.1) is 37.4 Å². The number of rotatable bonds is 7. The Morgan fingerprint density at radius 2 is 1.53 bits per heavy atom. The molecule has 0 aliphatic rings. The van der Waals surface area contributed by atoms with Gasteiger partial charge in [0.1, 0.15) is 10.1 Å². The Hall–Kier alpha value is -2.04. The number of aryl methyl sites for hydroxylation is 2. The van der Waals surface area contributed by atoms with Crippen molar-refractivity contribution in [2.45, 2.75) is 36.7 Å². The second kappa shape index (κ2) is 9.44. The zero-order chi connectivity index (χ0) is 22.9. The number of benzene rings is 2. The van der Waals surface area contributed by atoms with Crippen LogP contribution in [0.25, 0.3) is 20.4 Å². The summed E-state index contributed by atoms with van der Waals surface area (Å²) in [6.07, 6.45) is 0. The predicted molar refractivity (Wildman–Crippen MR) is 118 cm³/mol. The topological polar surface area (TPSA) is 133 Å². The minimum absolute atomic E-state index is 0.272. The van der Waals surface area contributed by atoms with Crippen molar-refractivity contribution < 1.29 is 27.6 Å². The van der Waals surface area contributed by atoms with E-state index in [9.17, 15) is 18.2 Å². The zero-order valence-corrected chi connectivity index (χ0v) is 20.0. The highest BCUT2D eigenvalue weighted by atomic mass is 32.2. The fourth-order valence-electron chi connectivity index (χ4n) is 3.22. The molecule has 0 fully saturated rings. The first kappa shape index (κ1) is 23.1. The van der Waals surface area contributed by atoms with Crippen molar-refractivity contribution in [3.05, 3.63) is 46.0 Å². The van der Waals surface area contributed by atoms with Crippen molar-refractivity contribution in [2.24, 2.45) is 10.2 Å². The van der Waals surface area contributed by atoms with Gasteiger partial charge in [-0.3, -0.25) is 5.04 Å². The van der Waals surface area contributed by atoms with Gasteiger partial charge in [0, 0.05) is 18.0 Å². The van der Waals surface area contributed by atoms with Crippen LogP contribution in [0.1, 0.15) is 13.8 Å². The quantitative estimate of drug-likeness (QED) is 0.161. The Bertz CT molecular complexity index is 1530. The van der Waals surface area contributed by atoms with Gasteiger partial charge in [-0.25, -0.2) is 8.42 Å². The van der Waals surface area contributed by atoms with Gasteiger partial charge in [-0.15, -0.1) is 10.2 Å². The molecular weight excluding hydrogens is 496 g/mol. The lowest BCUT2D eigenvalue weighted by Crippen LogP contribution is -2.16. The molecule has 10 nitrogen and oxygen atoms in total. The minimum Gasteiger partial charge on any atom is -0.744 e. The lowest BCUT2D eigenvalue weighted by molar-refractivity contribution is -0.777. The average Bonchev–Trinajstić information content (AvgIpc) is 3.31. The van der Waals surface area contributed by atoms with Gasteiger partial charge in [0.2, 0.25) is 9.60 Å². The Morgan fingerprint density at radius 1 is 0.969 bits per heavy atom. The normalized spacial score (nSPS) is 13.6. The minimum atomic E-state index is -4.54. The molecule has 2 heterocycles. The highest BCUT2D eigenvalue weighted by Gasteiger charge is 2.10. The molecule has 0 amide bonds. The Labute approximate surface area is 194 Å². The van der Waals surface area contributed by atoms with Crippen molar-refractivity contribution in [2.75, 3.05) is 0 Å².